The normalized spacial score (nSPS) is 12.5. The van der Waals surface area contributed by atoms with Crippen LogP contribution >= 0.6 is 11.6 Å². The SMILES string of the molecule is CCCN(Cc1c[nH]c2cc(Cl)ccc12)CC(C)(C)CN. The third-order valence-electron chi connectivity index (χ3n) is 3.87. The van der Waals surface area contributed by atoms with Gasteiger partial charge in [-0.3, -0.25) is 4.90 Å². The number of hydrogen-bond acceptors (Lipinski definition) is 2. The molecule has 1 heterocycles. The second-order valence-electron chi connectivity index (χ2n) is 6.58. The fraction of sp³-hybridized carbons (Fsp3) is 0.529. The smallest absolute Gasteiger partial charge is 0.0472 e. The van der Waals surface area contributed by atoms with Crippen LogP contribution in [0.15, 0.2) is 24.4 Å². The van der Waals surface area contributed by atoms with Crippen molar-refractivity contribution >= 4 is 22.5 Å². The molecule has 0 amide bonds. The van der Waals surface area contributed by atoms with Gasteiger partial charge >= 0.3 is 0 Å². The van der Waals surface area contributed by atoms with E-state index in [9.17, 15) is 0 Å². The van der Waals surface area contributed by atoms with E-state index in [1.807, 2.05) is 12.1 Å². The summed E-state index contributed by atoms with van der Waals surface area (Å²) in [5.41, 5.74) is 8.45. The maximum atomic E-state index is 6.05. The van der Waals surface area contributed by atoms with E-state index in [-0.39, 0.29) is 5.41 Å². The zero-order valence-electron chi connectivity index (χ0n) is 13.2. The number of aromatic nitrogens is 1. The number of rotatable bonds is 7. The van der Waals surface area contributed by atoms with Crippen molar-refractivity contribution in [3.63, 3.8) is 0 Å². The summed E-state index contributed by atoms with van der Waals surface area (Å²) in [5, 5.41) is 2.02. The lowest BCUT2D eigenvalue weighted by molar-refractivity contribution is 0.176. The van der Waals surface area contributed by atoms with Gasteiger partial charge < -0.3 is 10.7 Å². The van der Waals surface area contributed by atoms with Crippen LogP contribution in [-0.2, 0) is 6.54 Å². The third-order valence-corrected chi connectivity index (χ3v) is 4.10. The molecule has 3 N–H and O–H groups in total. The number of fused-ring (bicyclic) bond motifs is 1. The molecule has 0 atom stereocenters. The van der Waals surface area contributed by atoms with Crippen LogP contribution in [-0.4, -0.2) is 29.5 Å². The highest BCUT2D eigenvalue weighted by Crippen LogP contribution is 2.24. The lowest BCUT2D eigenvalue weighted by atomic mass is 9.93. The summed E-state index contributed by atoms with van der Waals surface area (Å²) in [6.45, 7) is 10.4. The van der Waals surface area contributed by atoms with Crippen LogP contribution in [0.1, 0.15) is 32.8 Å². The Labute approximate surface area is 132 Å². The van der Waals surface area contributed by atoms with Gasteiger partial charge in [-0.1, -0.05) is 38.4 Å². The van der Waals surface area contributed by atoms with E-state index in [1.54, 1.807) is 0 Å². The van der Waals surface area contributed by atoms with Gasteiger partial charge in [0.15, 0.2) is 0 Å². The molecule has 2 rings (SSSR count). The number of halogens is 1. The predicted molar refractivity (Wildman–Crippen MR) is 91.7 cm³/mol. The summed E-state index contributed by atoms with van der Waals surface area (Å²) >= 11 is 6.05. The number of nitrogens with one attached hydrogen (secondary N) is 1. The molecular formula is C17H26ClN3. The van der Waals surface area contributed by atoms with Gasteiger partial charge in [-0.25, -0.2) is 0 Å². The molecule has 0 radical (unpaired) electrons. The fourth-order valence-electron chi connectivity index (χ4n) is 2.73. The van der Waals surface area contributed by atoms with Crippen molar-refractivity contribution in [1.82, 2.24) is 9.88 Å². The lowest BCUT2D eigenvalue weighted by Crippen LogP contribution is -2.38. The quantitative estimate of drug-likeness (QED) is 0.811. The zero-order chi connectivity index (χ0) is 15.5. The number of nitrogens with zero attached hydrogens (tertiary/aromatic N) is 1. The second kappa shape index (κ2) is 6.82. The monoisotopic (exact) mass is 307 g/mol. The van der Waals surface area contributed by atoms with Crippen LogP contribution in [0.4, 0.5) is 0 Å². The molecule has 0 spiro atoms. The first-order valence-electron chi connectivity index (χ1n) is 7.63. The van der Waals surface area contributed by atoms with Crippen LogP contribution in [0.25, 0.3) is 10.9 Å². The molecule has 2 aromatic rings. The minimum atomic E-state index is 0.143. The molecule has 0 aliphatic heterocycles. The highest BCUT2D eigenvalue weighted by molar-refractivity contribution is 6.31. The summed E-state index contributed by atoms with van der Waals surface area (Å²) < 4.78 is 0. The van der Waals surface area contributed by atoms with Crippen molar-refractivity contribution in [3.8, 4) is 0 Å². The molecule has 0 unspecified atom stereocenters. The average molecular weight is 308 g/mol. The maximum Gasteiger partial charge on any atom is 0.0472 e. The summed E-state index contributed by atoms with van der Waals surface area (Å²) in [5.74, 6) is 0. The van der Waals surface area contributed by atoms with Gasteiger partial charge in [0, 0.05) is 35.2 Å². The second-order valence-corrected chi connectivity index (χ2v) is 7.02. The molecule has 0 saturated carbocycles. The van der Waals surface area contributed by atoms with Crippen molar-refractivity contribution < 1.29 is 0 Å². The fourth-order valence-corrected chi connectivity index (χ4v) is 2.90. The van der Waals surface area contributed by atoms with E-state index < -0.39 is 0 Å². The Balaban J connectivity index is 2.18. The number of hydrogen-bond donors (Lipinski definition) is 2. The highest BCUT2D eigenvalue weighted by atomic mass is 35.5. The van der Waals surface area contributed by atoms with E-state index in [0.29, 0.717) is 6.54 Å². The Morgan fingerprint density at radius 2 is 2.10 bits per heavy atom. The number of benzene rings is 1. The van der Waals surface area contributed by atoms with Crippen LogP contribution in [0, 0.1) is 5.41 Å². The molecule has 1 aromatic heterocycles. The molecule has 21 heavy (non-hydrogen) atoms. The Kier molecular flexibility index (Phi) is 5.31. The Morgan fingerprint density at radius 1 is 1.33 bits per heavy atom. The first-order chi connectivity index (χ1) is 9.95. The lowest BCUT2D eigenvalue weighted by Gasteiger charge is -2.31. The largest absolute Gasteiger partial charge is 0.361 e. The third kappa shape index (κ3) is 4.22. The Bertz CT molecular complexity index is 589. The van der Waals surface area contributed by atoms with E-state index in [1.165, 1.54) is 10.9 Å². The topological polar surface area (TPSA) is 45.0 Å². The van der Waals surface area contributed by atoms with Crippen LogP contribution < -0.4 is 5.73 Å². The molecular weight excluding hydrogens is 282 g/mol. The molecule has 3 nitrogen and oxygen atoms in total. The number of nitrogens with two attached hydrogens (primary N) is 1. The average Bonchev–Trinajstić information content (AvgIpc) is 2.81. The summed E-state index contributed by atoms with van der Waals surface area (Å²) in [4.78, 5) is 5.81. The first kappa shape index (κ1) is 16.3. The summed E-state index contributed by atoms with van der Waals surface area (Å²) in [7, 11) is 0. The molecule has 116 valence electrons. The van der Waals surface area contributed by atoms with Crippen molar-refractivity contribution in [3.05, 3.63) is 35.0 Å². The minimum Gasteiger partial charge on any atom is -0.361 e. The van der Waals surface area contributed by atoms with Crippen LogP contribution in [0.2, 0.25) is 5.02 Å². The molecule has 4 heteroatoms. The predicted octanol–water partition coefficient (Wildman–Crippen LogP) is 4.02. The maximum absolute atomic E-state index is 6.05. The minimum absolute atomic E-state index is 0.143. The molecule has 1 aromatic carbocycles. The molecule has 0 saturated heterocycles. The molecule has 0 bridgehead atoms. The molecule has 0 fully saturated rings. The zero-order valence-corrected chi connectivity index (χ0v) is 14.0. The standard InChI is InChI=1S/C17H26ClN3/c1-4-7-21(12-17(2,3)11-19)10-13-9-20-16-8-14(18)5-6-15(13)16/h5-6,8-9,20H,4,7,10-12,19H2,1-3H3. The van der Waals surface area contributed by atoms with Gasteiger partial charge in [0.05, 0.1) is 0 Å². The summed E-state index contributed by atoms with van der Waals surface area (Å²) in [6.07, 6.45) is 3.24. The first-order valence-corrected chi connectivity index (χ1v) is 8.01. The molecule has 0 aliphatic rings. The van der Waals surface area contributed by atoms with Gasteiger partial charge in [-0.15, -0.1) is 0 Å². The number of H-pyrrole nitrogens is 1. The van der Waals surface area contributed by atoms with Crippen molar-refractivity contribution in [1.29, 1.82) is 0 Å². The van der Waals surface area contributed by atoms with Crippen molar-refractivity contribution in [2.45, 2.75) is 33.7 Å². The molecule has 0 aliphatic carbocycles. The van der Waals surface area contributed by atoms with Gasteiger partial charge in [0.1, 0.15) is 0 Å². The van der Waals surface area contributed by atoms with Crippen LogP contribution in [0.3, 0.4) is 0 Å². The van der Waals surface area contributed by atoms with Gasteiger partial charge in [-0.2, -0.15) is 0 Å². The van der Waals surface area contributed by atoms with E-state index in [0.717, 1.165) is 36.6 Å². The van der Waals surface area contributed by atoms with E-state index in [4.69, 9.17) is 17.3 Å². The Morgan fingerprint density at radius 3 is 2.76 bits per heavy atom. The summed E-state index contributed by atoms with van der Waals surface area (Å²) in [6, 6.07) is 6.03. The van der Waals surface area contributed by atoms with Gasteiger partial charge in [-0.05, 0) is 42.6 Å². The van der Waals surface area contributed by atoms with Crippen LogP contribution in [0.5, 0.6) is 0 Å². The van der Waals surface area contributed by atoms with Gasteiger partial charge in [0.25, 0.3) is 0 Å². The van der Waals surface area contributed by atoms with E-state index in [2.05, 4.69) is 42.9 Å². The van der Waals surface area contributed by atoms with Gasteiger partial charge in [0.2, 0.25) is 0 Å². The Hall–Kier alpha value is -1.03. The van der Waals surface area contributed by atoms with Crippen molar-refractivity contribution in [2.75, 3.05) is 19.6 Å². The van der Waals surface area contributed by atoms with Crippen molar-refractivity contribution in [2.24, 2.45) is 11.1 Å². The highest BCUT2D eigenvalue weighted by Gasteiger charge is 2.20. The number of aromatic amines is 1. The van der Waals surface area contributed by atoms with E-state index >= 15 is 0 Å².